The van der Waals surface area contributed by atoms with Crippen LogP contribution in [0.3, 0.4) is 0 Å². The van der Waals surface area contributed by atoms with E-state index in [2.05, 4.69) is 13.8 Å². The summed E-state index contributed by atoms with van der Waals surface area (Å²) in [7, 11) is 0. The van der Waals surface area contributed by atoms with Crippen molar-refractivity contribution in [3.8, 4) is 0 Å². The van der Waals surface area contributed by atoms with Crippen LogP contribution in [-0.2, 0) is 18.9 Å². The second kappa shape index (κ2) is 6.29. The molecule has 6 atom stereocenters. The zero-order valence-electron chi connectivity index (χ0n) is 14.7. The van der Waals surface area contributed by atoms with Crippen LogP contribution in [-0.4, -0.2) is 48.8 Å². The minimum absolute atomic E-state index is 0.138. The molecule has 4 rings (SSSR count). The van der Waals surface area contributed by atoms with E-state index in [9.17, 15) is 0 Å². The van der Waals surface area contributed by atoms with Gasteiger partial charge >= 0.3 is 0 Å². The van der Waals surface area contributed by atoms with Gasteiger partial charge in [-0.25, -0.2) is 0 Å². The van der Waals surface area contributed by atoms with E-state index in [1.165, 1.54) is 25.7 Å². The molecule has 23 heavy (non-hydrogen) atoms. The Bertz CT molecular complexity index is 390. The van der Waals surface area contributed by atoms with Gasteiger partial charge in [-0.15, -0.1) is 0 Å². The minimum Gasteiger partial charge on any atom is -0.372 e. The van der Waals surface area contributed by atoms with E-state index in [4.69, 9.17) is 18.9 Å². The first-order chi connectivity index (χ1) is 11.2. The number of hydrogen-bond acceptors (Lipinski definition) is 4. The number of hydrogen-bond donors (Lipinski definition) is 0. The van der Waals surface area contributed by atoms with Crippen LogP contribution in [0.5, 0.6) is 0 Å². The first-order valence-electron chi connectivity index (χ1n) is 9.82. The predicted octanol–water partition coefficient (Wildman–Crippen LogP) is 3.61. The number of epoxide rings is 2. The standard InChI is InChI=1S/C19H32O4/c1-3-11-20-18(9-5-7-14-16(18)22-14)13-19(21-12-4-2)10-6-8-15-17(19)23-15/h14-17H,3-13H2,1-2H3. The SMILES string of the molecule is CCCOC1(CC2(OCCC)CCCC3OC32)CCCC2OC21. The molecule has 2 heterocycles. The molecule has 2 aliphatic carbocycles. The third-order valence-corrected chi connectivity index (χ3v) is 6.16. The Morgan fingerprint density at radius 2 is 1.30 bits per heavy atom. The van der Waals surface area contributed by atoms with Gasteiger partial charge < -0.3 is 18.9 Å². The molecule has 0 aromatic rings. The fourth-order valence-electron chi connectivity index (χ4n) is 5.05. The highest BCUT2D eigenvalue weighted by molar-refractivity contribution is 5.15. The summed E-state index contributed by atoms with van der Waals surface area (Å²) in [5.74, 6) is 0. The van der Waals surface area contributed by atoms with E-state index < -0.39 is 0 Å². The molecule has 0 bridgehead atoms. The molecular formula is C19H32O4. The molecule has 0 amide bonds. The molecule has 4 heteroatoms. The van der Waals surface area contributed by atoms with Crippen LogP contribution in [0.2, 0.25) is 0 Å². The third kappa shape index (κ3) is 2.97. The Balaban J connectivity index is 1.55. The van der Waals surface area contributed by atoms with Gasteiger partial charge in [0.25, 0.3) is 0 Å². The number of fused-ring (bicyclic) bond motifs is 2. The van der Waals surface area contributed by atoms with E-state index >= 15 is 0 Å². The highest BCUT2D eigenvalue weighted by Crippen LogP contribution is 2.55. The van der Waals surface area contributed by atoms with Crippen molar-refractivity contribution in [2.24, 2.45) is 0 Å². The van der Waals surface area contributed by atoms with Crippen LogP contribution in [0.4, 0.5) is 0 Å². The van der Waals surface area contributed by atoms with Crippen molar-refractivity contribution < 1.29 is 18.9 Å². The first-order valence-corrected chi connectivity index (χ1v) is 9.82. The van der Waals surface area contributed by atoms with Gasteiger partial charge in [-0.05, 0) is 51.4 Å². The fraction of sp³-hybridized carbons (Fsp3) is 1.00. The molecule has 4 nitrogen and oxygen atoms in total. The normalized spacial score (nSPS) is 47.7. The Morgan fingerprint density at radius 3 is 1.74 bits per heavy atom. The summed E-state index contributed by atoms with van der Waals surface area (Å²) >= 11 is 0. The van der Waals surface area contributed by atoms with Crippen LogP contribution >= 0.6 is 0 Å². The van der Waals surface area contributed by atoms with Crippen molar-refractivity contribution in [1.82, 2.24) is 0 Å². The van der Waals surface area contributed by atoms with Crippen molar-refractivity contribution >= 4 is 0 Å². The van der Waals surface area contributed by atoms with Crippen LogP contribution in [0, 0.1) is 0 Å². The second-order valence-electron chi connectivity index (χ2n) is 7.98. The molecule has 132 valence electrons. The van der Waals surface area contributed by atoms with Crippen molar-refractivity contribution in [3.63, 3.8) is 0 Å². The van der Waals surface area contributed by atoms with Crippen LogP contribution in [0.1, 0.15) is 71.6 Å². The molecule has 0 N–H and O–H groups in total. The highest BCUT2D eigenvalue weighted by atomic mass is 16.6. The van der Waals surface area contributed by atoms with Gasteiger partial charge in [-0.3, -0.25) is 0 Å². The number of rotatable bonds is 8. The zero-order chi connectivity index (χ0) is 15.9. The summed E-state index contributed by atoms with van der Waals surface area (Å²) in [6.07, 6.45) is 11.6. The summed E-state index contributed by atoms with van der Waals surface area (Å²) in [6.45, 7) is 6.02. The van der Waals surface area contributed by atoms with Crippen LogP contribution < -0.4 is 0 Å². The van der Waals surface area contributed by atoms with E-state index in [0.29, 0.717) is 24.4 Å². The predicted molar refractivity (Wildman–Crippen MR) is 87.6 cm³/mol. The zero-order valence-corrected chi connectivity index (χ0v) is 14.7. The van der Waals surface area contributed by atoms with Gasteiger partial charge in [0, 0.05) is 19.6 Å². The lowest BCUT2D eigenvalue weighted by molar-refractivity contribution is -0.157. The van der Waals surface area contributed by atoms with Gasteiger partial charge in [0.2, 0.25) is 0 Å². The average molecular weight is 324 g/mol. The maximum Gasteiger partial charge on any atom is 0.113 e. The van der Waals surface area contributed by atoms with Gasteiger partial charge in [0.05, 0.1) is 23.4 Å². The second-order valence-corrected chi connectivity index (χ2v) is 7.98. The Labute approximate surface area is 140 Å². The summed E-state index contributed by atoms with van der Waals surface area (Å²) in [4.78, 5) is 0. The third-order valence-electron chi connectivity index (χ3n) is 6.16. The van der Waals surface area contributed by atoms with Crippen molar-refractivity contribution in [3.05, 3.63) is 0 Å². The topological polar surface area (TPSA) is 43.5 Å². The van der Waals surface area contributed by atoms with Crippen molar-refractivity contribution in [2.45, 2.75) is 107 Å². The van der Waals surface area contributed by atoms with Crippen molar-refractivity contribution in [2.75, 3.05) is 13.2 Å². The Kier molecular flexibility index (Phi) is 4.46. The Morgan fingerprint density at radius 1 is 0.826 bits per heavy atom. The lowest BCUT2D eigenvalue weighted by Gasteiger charge is -2.44. The number of ether oxygens (including phenoxy) is 4. The molecular weight excluding hydrogens is 292 g/mol. The maximum atomic E-state index is 6.49. The smallest absolute Gasteiger partial charge is 0.113 e. The lowest BCUT2D eigenvalue weighted by atomic mass is 9.71. The summed E-state index contributed by atoms with van der Waals surface area (Å²) in [5, 5.41) is 0. The molecule has 4 fully saturated rings. The van der Waals surface area contributed by atoms with E-state index in [-0.39, 0.29) is 11.2 Å². The van der Waals surface area contributed by atoms with Gasteiger partial charge in [0.15, 0.2) is 0 Å². The molecule has 4 aliphatic rings. The fourth-order valence-corrected chi connectivity index (χ4v) is 5.05. The molecule has 6 unspecified atom stereocenters. The monoisotopic (exact) mass is 324 g/mol. The molecule has 0 radical (unpaired) electrons. The summed E-state index contributed by atoms with van der Waals surface area (Å²) in [5.41, 5.74) is -0.277. The van der Waals surface area contributed by atoms with Crippen molar-refractivity contribution in [1.29, 1.82) is 0 Å². The lowest BCUT2D eigenvalue weighted by Crippen LogP contribution is -2.54. The molecule has 0 aromatic carbocycles. The highest BCUT2D eigenvalue weighted by Gasteiger charge is 2.65. The van der Waals surface area contributed by atoms with Gasteiger partial charge in [0.1, 0.15) is 12.2 Å². The van der Waals surface area contributed by atoms with E-state index in [1.807, 2.05) is 0 Å². The summed E-state index contributed by atoms with van der Waals surface area (Å²) < 4.78 is 25.0. The average Bonchev–Trinajstić information content (AvgIpc) is 3.44. The molecule has 2 saturated heterocycles. The molecule has 2 aliphatic heterocycles. The van der Waals surface area contributed by atoms with Gasteiger partial charge in [-0.1, -0.05) is 13.8 Å². The minimum atomic E-state index is -0.138. The molecule has 2 saturated carbocycles. The van der Waals surface area contributed by atoms with E-state index in [1.54, 1.807) is 0 Å². The molecule has 0 spiro atoms. The Hall–Kier alpha value is -0.160. The first kappa shape index (κ1) is 16.3. The van der Waals surface area contributed by atoms with Gasteiger partial charge in [-0.2, -0.15) is 0 Å². The molecule has 0 aromatic heterocycles. The maximum absolute atomic E-state index is 6.49. The quantitative estimate of drug-likeness (QED) is 0.640. The van der Waals surface area contributed by atoms with Crippen LogP contribution in [0.25, 0.3) is 0 Å². The largest absolute Gasteiger partial charge is 0.372 e. The van der Waals surface area contributed by atoms with E-state index in [0.717, 1.165) is 45.3 Å². The van der Waals surface area contributed by atoms with Crippen LogP contribution in [0.15, 0.2) is 0 Å². The summed E-state index contributed by atoms with van der Waals surface area (Å²) in [6, 6.07) is 0.